The fraction of sp³-hybridized carbons (Fsp3) is 0.444. The normalized spacial score (nSPS) is 18.7. The van der Waals surface area contributed by atoms with Crippen molar-refractivity contribution >= 4 is 11.8 Å². The number of aliphatic hydroxyl groups is 1. The minimum Gasteiger partial charge on any atom is -0.396 e. The van der Waals surface area contributed by atoms with E-state index >= 15 is 0 Å². The number of hydrogen-bond acceptors (Lipinski definition) is 6. The van der Waals surface area contributed by atoms with Crippen molar-refractivity contribution in [1.29, 1.82) is 0 Å². The van der Waals surface area contributed by atoms with Gasteiger partial charge in [-0.2, -0.15) is 4.98 Å². The van der Waals surface area contributed by atoms with Crippen LogP contribution in [0.4, 0.5) is 11.8 Å². The lowest BCUT2D eigenvalue weighted by atomic mass is 10.1. The van der Waals surface area contributed by atoms with Crippen LogP contribution in [-0.4, -0.2) is 58.8 Å². The van der Waals surface area contributed by atoms with Crippen molar-refractivity contribution in [3.8, 4) is 0 Å². The van der Waals surface area contributed by atoms with Gasteiger partial charge in [0.25, 0.3) is 0 Å². The number of nitrogens with two attached hydrogens (primary N) is 1. The van der Waals surface area contributed by atoms with Crippen molar-refractivity contribution in [2.24, 2.45) is 0 Å². The van der Waals surface area contributed by atoms with Crippen LogP contribution in [0.2, 0.25) is 0 Å². The molecule has 1 aromatic carbocycles. The van der Waals surface area contributed by atoms with Gasteiger partial charge in [-0.1, -0.05) is 30.3 Å². The summed E-state index contributed by atoms with van der Waals surface area (Å²) in [4.78, 5) is 13.3. The smallest absolute Gasteiger partial charge is 0.227 e. The number of anilines is 2. The molecule has 3 N–H and O–H groups in total. The average molecular weight is 327 g/mol. The summed E-state index contributed by atoms with van der Waals surface area (Å²) in [6, 6.07) is 12.5. The Morgan fingerprint density at radius 3 is 2.75 bits per heavy atom. The van der Waals surface area contributed by atoms with Gasteiger partial charge in [-0.3, -0.25) is 4.90 Å². The van der Waals surface area contributed by atoms with Crippen LogP contribution >= 0.6 is 0 Å². The summed E-state index contributed by atoms with van der Waals surface area (Å²) in [6.07, 6.45) is 3.48. The van der Waals surface area contributed by atoms with Crippen LogP contribution in [0.5, 0.6) is 0 Å². The summed E-state index contributed by atoms with van der Waals surface area (Å²) in [6.45, 7) is 3.83. The van der Waals surface area contributed by atoms with E-state index in [1.54, 1.807) is 12.3 Å². The number of piperazine rings is 1. The lowest BCUT2D eigenvalue weighted by Gasteiger charge is -2.41. The molecule has 1 fully saturated rings. The molecule has 0 bridgehead atoms. The lowest BCUT2D eigenvalue weighted by molar-refractivity contribution is 0.143. The van der Waals surface area contributed by atoms with Crippen molar-refractivity contribution in [1.82, 2.24) is 14.9 Å². The summed E-state index contributed by atoms with van der Waals surface area (Å²) in [5.41, 5.74) is 7.12. The van der Waals surface area contributed by atoms with E-state index in [4.69, 9.17) is 5.73 Å². The van der Waals surface area contributed by atoms with Gasteiger partial charge in [0.05, 0.1) is 0 Å². The molecule has 24 heavy (non-hydrogen) atoms. The predicted molar refractivity (Wildman–Crippen MR) is 95.9 cm³/mol. The predicted octanol–water partition coefficient (Wildman–Crippen LogP) is 1.17. The standard InChI is InChI=1S/C18H25N5O/c19-17-6-9-20-18(21-17)23-12-11-22(16(14-23)8-13-24)10-7-15-4-2-1-3-5-15/h1-6,9,16,24H,7-8,10-14H2,(H2,19,20,21)/t16-/m0/s1. The van der Waals surface area contributed by atoms with E-state index in [-0.39, 0.29) is 6.61 Å². The monoisotopic (exact) mass is 327 g/mol. The Kier molecular flexibility index (Phi) is 5.61. The van der Waals surface area contributed by atoms with Gasteiger partial charge in [0.15, 0.2) is 0 Å². The van der Waals surface area contributed by atoms with Crippen LogP contribution in [0.25, 0.3) is 0 Å². The highest BCUT2D eigenvalue weighted by Gasteiger charge is 2.27. The number of benzene rings is 1. The number of aliphatic hydroxyl groups excluding tert-OH is 1. The van der Waals surface area contributed by atoms with E-state index in [9.17, 15) is 5.11 Å². The molecule has 6 heteroatoms. The Hall–Kier alpha value is -2.18. The van der Waals surface area contributed by atoms with Crippen LogP contribution in [0.1, 0.15) is 12.0 Å². The number of nitrogens with zero attached hydrogens (tertiary/aromatic N) is 4. The molecule has 3 rings (SSSR count). The van der Waals surface area contributed by atoms with Gasteiger partial charge < -0.3 is 15.7 Å². The summed E-state index contributed by atoms with van der Waals surface area (Å²) in [7, 11) is 0. The Bertz CT molecular complexity index is 636. The molecule has 0 spiro atoms. The Morgan fingerprint density at radius 2 is 2.00 bits per heavy atom. The maximum Gasteiger partial charge on any atom is 0.227 e. The van der Waals surface area contributed by atoms with Gasteiger partial charge in [-0.25, -0.2) is 4.98 Å². The Morgan fingerprint density at radius 1 is 1.17 bits per heavy atom. The second-order valence-corrected chi connectivity index (χ2v) is 6.17. The number of aromatic nitrogens is 2. The molecule has 1 aromatic heterocycles. The van der Waals surface area contributed by atoms with Crippen LogP contribution in [-0.2, 0) is 6.42 Å². The third-order valence-corrected chi connectivity index (χ3v) is 4.54. The molecular formula is C18H25N5O. The molecular weight excluding hydrogens is 302 g/mol. The average Bonchev–Trinajstić information content (AvgIpc) is 2.62. The van der Waals surface area contributed by atoms with Crippen molar-refractivity contribution in [3.63, 3.8) is 0 Å². The molecule has 0 unspecified atom stereocenters. The minimum absolute atomic E-state index is 0.193. The zero-order valence-electron chi connectivity index (χ0n) is 13.9. The molecule has 0 radical (unpaired) electrons. The molecule has 0 aliphatic carbocycles. The third-order valence-electron chi connectivity index (χ3n) is 4.54. The summed E-state index contributed by atoms with van der Waals surface area (Å²) >= 11 is 0. The molecule has 0 amide bonds. The summed E-state index contributed by atoms with van der Waals surface area (Å²) in [5.74, 6) is 1.17. The van der Waals surface area contributed by atoms with Crippen molar-refractivity contribution in [2.75, 3.05) is 43.4 Å². The van der Waals surface area contributed by atoms with E-state index in [1.807, 2.05) is 6.07 Å². The van der Waals surface area contributed by atoms with Crippen LogP contribution in [0.3, 0.4) is 0 Å². The van der Waals surface area contributed by atoms with Crippen molar-refractivity contribution < 1.29 is 5.11 Å². The van der Waals surface area contributed by atoms with Gasteiger partial charge in [-0.05, 0) is 24.5 Å². The Labute approximate surface area is 142 Å². The molecule has 2 heterocycles. The fourth-order valence-corrected chi connectivity index (χ4v) is 3.22. The molecule has 6 nitrogen and oxygen atoms in total. The van der Waals surface area contributed by atoms with Crippen LogP contribution in [0.15, 0.2) is 42.6 Å². The quantitative estimate of drug-likeness (QED) is 0.829. The SMILES string of the molecule is Nc1ccnc(N2CCN(CCc3ccccc3)[C@@H](CCO)C2)n1. The summed E-state index contributed by atoms with van der Waals surface area (Å²) < 4.78 is 0. The van der Waals surface area contributed by atoms with Gasteiger partial charge in [-0.15, -0.1) is 0 Å². The molecule has 128 valence electrons. The van der Waals surface area contributed by atoms with Crippen molar-refractivity contribution in [3.05, 3.63) is 48.2 Å². The van der Waals surface area contributed by atoms with E-state index in [0.29, 0.717) is 17.8 Å². The first-order valence-corrected chi connectivity index (χ1v) is 8.48. The number of rotatable bonds is 6. The largest absolute Gasteiger partial charge is 0.396 e. The summed E-state index contributed by atoms with van der Waals surface area (Å²) in [5, 5.41) is 9.43. The first-order chi connectivity index (χ1) is 11.8. The van der Waals surface area contributed by atoms with Gasteiger partial charge in [0.2, 0.25) is 5.95 Å². The Balaban J connectivity index is 1.62. The molecule has 1 aliphatic heterocycles. The molecule has 1 saturated heterocycles. The van der Waals surface area contributed by atoms with Crippen LogP contribution < -0.4 is 10.6 Å². The zero-order valence-corrected chi connectivity index (χ0v) is 13.9. The highest BCUT2D eigenvalue weighted by Crippen LogP contribution is 2.18. The highest BCUT2D eigenvalue weighted by atomic mass is 16.3. The van der Waals surface area contributed by atoms with Gasteiger partial charge in [0, 0.05) is 45.0 Å². The van der Waals surface area contributed by atoms with Gasteiger partial charge in [0.1, 0.15) is 5.82 Å². The molecule has 1 atom stereocenters. The van der Waals surface area contributed by atoms with E-state index in [0.717, 1.165) is 39.0 Å². The number of nitrogen functional groups attached to an aromatic ring is 1. The second-order valence-electron chi connectivity index (χ2n) is 6.17. The highest BCUT2D eigenvalue weighted by molar-refractivity contribution is 5.38. The first-order valence-electron chi connectivity index (χ1n) is 8.48. The van der Waals surface area contributed by atoms with Crippen molar-refractivity contribution in [2.45, 2.75) is 18.9 Å². The van der Waals surface area contributed by atoms with E-state index in [2.05, 4.69) is 44.0 Å². The number of hydrogen-bond donors (Lipinski definition) is 2. The van der Waals surface area contributed by atoms with Crippen LogP contribution in [0, 0.1) is 0 Å². The third kappa shape index (κ3) is 4.21. The first kappa shape index (κ1) is 16.7. The maximum atomic E-state index is 9.43. The fourth-order valence-electron chi connectivity index (χ4n) is 3.22. The van der Waals surface area contributed by atoms with E-state index < -0.39 is 0 Å². The zero-order chi connectivity index (χ0) is 16.8. The lowest BCUT2D eigenvalue weighted by Crippen LogP contribution is -2.54. The topological polar surface area (TPSA) is 78.5 Å². The molecule has 0 saturated carbocycles. The second kappa shape index (κ2) is 8.08. The minimum atomic E-state index is 0.193. The molecule has 1 aliphatic rings. The van der Waals surface area contributed by atoms with E-state index in [1.165, 1.54) is 5.56 Å². The maximum absolute atomic E-state index is 9.43. The van der Waals surface area contributed by atoms with Gasteiger partial charge >= 0.3 is 0 Å². The molecule has 2 aromatic rings.